The van der Waals surface area contributed by atoms with Crippen LogP contribution in [0.15, 0.2) is 114 Å². The molecule has 0 saturated heterocycles. The number of benzene rings is 4. The van der Waals surface area contributed by atoms with E-state index >= 15 is 0 Å². The maximum atomic E-state index is 12.8. The minimum Gasteiger partial charge on any atom is -0.315 e. The summed E-state index contributed by atoms with van der Waals surface area (Å²) in [6.07, 6.45) is 7.18. The Morgan fingerprint density at radius 3 is 1.59 bits per heavy atom. The van der Waals surface area contributed by atoms with E-state index in [0.29, 0.717) is 6.42 Å². The lowest BCUT2D eigenvalue weighted by Gasteiger charge is -2.28. The van der Waals surface area contributed by atoms with Gasteiger partial charge in [0, 0.05) is 19.2 Å². The zero-order chi connectivity index (χ0) is 33.5. The van der Waals surface area contributed by atoms with Crippen molar-refractivity contribution in [2.24, 2.45) is 0 Å². The maximum Gasteiger partial charge on any atom is 0.294 e. The number of rotatable bonds is 12. The molecule has 0 aliphatic heterocycles. The van der Waals surface area contributed by atoms with Crippen molar-refractivity contribution in [1.29, 1.82) is 0 Å². The number of allylic oxidation sites excluding steroid dienone is 1. The molecule has 0 aliphatic carbocycles. The summed E-state index contributed by atoms with van der Waals surface area (Å²) in [5, 5.41) is 0. The Balaban J connectivity index is 1.96. The molecule has 0 radical (unpaired) electrons. The number of nitrogens with zero attached hydrogens (tertiary/aromatic N) is 1. The molecule has 0 bridgehead atoms. The summed E-state index contributed by atoms with van der Waals surface area (Å²) in [7, 11) is -2.56. The van der Waals surface area contributed by atoms with Crippen LogP contribution in [-0.2, 0) is 20.3 Å². The van der Waals surface area contributed by atoms with Crippen molar-refractivity contribution >= 4 is 32.9 Å². The second kappa shape index (κ2) is 14.9. The van der Waals surface area contributed by atoms with Gasteiger partial charge in [-0.25, -0.2) is 0 Å². The summed E-state index contributed by atoms with van der Waals surface area (Å²) in [5.74, 6) is 0.0117. The smallest absolute Gasteiger partial charge is 0.294 e. The van der Waals surface area contributed by atoms with E-state index in [1.54, 1.807) is 24.1 Å². The summed E-state index contributed by atoms with van der Waals surface area (Å²) in [4.78, 5) is 14.3. The van der Waals surface area contributed by atoms with Crippen LogP contribution in [0.2, 0.25) is 0 Å². The van der Waals surface area contributed by atoms with E-state index in [4.69, 9.17) is 0 Å². The molecular formula is C40H45NO4S. The molecule has 4 rings (SSSR count). The largest absolute Gasteiger partial charge is 0.315 e. The summed E-state index contributed by atoms with van der Waals surface area (Å²) < 4.78 is 33.5. The number of amides is 1. The molecule has 46 heavy (non-hydrogen) atoms. The normalized spacial score (nSPS) is 12.7. The molecule has 4 aromatic rings. The van der Waals surface area contributed by atoms with Crippen molar-refractivity contribution in [2.75, 3.05) is 11.9 Å². The van der Waals surface area contributed by atoms with Gasteiger partial charge in [0.2, 0.25) is 5.91 Å². The topological polar surface area (TPSA) is 74.7 Å². The Bertz CT molecular complexity index is 1800. The van der Waals surface area contributed by atoms with Gasteiger partial charge in [0.15, 0.2) is 0 Å². The summed E-state index contributed by atoms with van der Waals surface area (Å²) in [6.45, 7) is 10.8. The Morgan fingerprint density at radius 1 is 0.717 bits per heavy atom. The lowest BCUT2D eigenvalue weighted by molar-refractivity contribution is -0.117. The van der Waals surface area contributed by atoms with Gasteiger partial charge in [0.05, 0.1) is 4.90 Å². The zero-order valence-electron chi connectivity index (χ0n) is 27.7. The van der Waals surface area contributed by atoms with Crippen molar-refractivity contribution in [3.63, 3.8) is 0 Å². The van der Waals surface area contributed by atoms with Gasteiger partial charge in [0.1, 0.15) is 0 Å². The predicted molar refractivity (Wildman–Crippen MR) is 191 cm³/mol. The summed E-state index contributed by atoms with van der Waals surface area (Å²) in [5.41, 5.74) is 8.88. The Hall–Kier alpha value is -4.26. The van der Waals surface area contributed by atoms with Gasteiger partial charge in [-0.1, -0.05) is 118 Å². The summed E-state index contributed by atoms with van der Waals surface area (Å²) >= 11 is 0. The molecule has 0 atom stereocenters. The second-order valence-electron chi connectivity index (χ2n) is 12.0. The van der Waals surface area contributed by atoms with Gasteiger partial charge in [-0.2, -0.15) is 8.42 Å². The van der Waals surface area contributed by atoms with E-state index in [0.717, 1.165) is 63.9 Å². The van der Waals surface area contributed by atoms with Crippen molar-refractivity contribution in [3.05, 3.63) is 143 Å². The molecular weight excluding hydrogens is 591 g/mol. The molecule has 5 nitrogen and oxygen atoms in total. The SMILES string of the molecule is CC/C=C\CC(=O)N(C)c1ccc(/C(=C(\c2ccc(C(C)(CC)CC)cc2)c2ccc(S(=O)(=O)O)cc2)c2ccc(C)cc2)cc1. The molecule has 0 unspecified atom stereocenters. The van der Waals surface area contributed by atoms with E-state index < -0.39 is 10.1 Å². The van der Waals surface area contributed by atoms with Crippen LogP contribution in [0.25, 0.3) is 11.1 Å². The fourth-order valence-corrected chi connectivity index (χ4v) is 6.09. The molecule has 6 heteroatoms. The first-order valence-electron chi connectivity index (χ1n) is 15.9. The van der Waals surface area contributed by atoms with Crippen LogP contribution in [0.1, 0.15) is 86.8 Å². The predicted octanol–water partition coefficient (Wildman–Crippen LogP) is 9.65. The first-order chi connectivity index (χ1) is 21.9. The number of carbonyl (C=O) groups is 1. The van der Waals surface area contributed by atoms with Crippen LogP contribution in [0, 0.1) is 6.92 Å². The summed E-state index contributed by atoms with van der Waals surface area (Å²) in [6, 6.07) is 31.4. The number of anilines is 1. The van der Waals surface area contributed by atoms with Gasteiger partial charge in [-0.05, 0) is 94.8 Å². The third-order valence-corrected chi connectivity index (χ3v) is 9.94. The standard InChI is InChI=1S/C40H45NO4S/c1-7-10-11-12-37(42)41(6)35-25-19-32(20-26-35)38(30-15-13-29(4)14-16-30)39(33-21-27-36(28-22-33)46(43,44)45)31-17-23-34(24-18-31)40(5,8-2)9-3/h10-11,13-28H,7-9,12H2,1-6H3,(H,43,44,45)/b11-10-,39-38+. The average molecular weight is 636 g/mol. The quantitative estimate of drug-likeness (QED) is 0.0956. The molecule has 0 spiro atoms. The molecule has 1 N–H and O–H groups in total. The number of aryl methyl sites for hydroxylation is 1. The fourth-order valence-electron chi connectivity index (χ4n) is 5.61. The first kappa shape index (κ1) is 34.6. The van der Waals surface area contributed by atoms with Crippen molar-refractivity contribution < 1.29 is 17.8 Å². The van der Waals surface area contributed by atoms with Gasteiger partial charge in [-0.15, -0.1) is 0 Å². The molecule has 0 aromatic heterocycles. The average Bonchev–Trinajstić information content (AvgIpc) is 3.07. The third-order valence-electron chi connectivity index (χ3n) is 9.07. The highest BCUT2D eigenvalue weighted by Crippen LogP contribution is 2.39. The van der Waals surface area contributed by atoms with Crippen LogP contribution < -0.4 is 4.90 Å². The molecule has 1 amide bonds. The maximum absolute atomic E-state index is 12.8. The molecule has 4 aromatic carbocycles. The van der Waals surface area contributed by atoms with Crippen LogP contribution >= 0.6 is 0 Å². The lowest BCUT2D eigenvalue weighted by atomic mass is 9.77. The van der Waals surface area contributed by atoms with Crippen LogP contribution in [0.4, 0.5) is 5.69 Å². The number of hydrogen-bond acceptors (Lipinski definition) is 3. The number of hydrogen-bond donors (Lipinski definition) is 1. The van der Waals surface area contributed by atoms with Gasteiger partial charge in [0.25, 0.3) is 10.1 Å². The molecule has 0 heterocycles. The van der Waals surface area contributed by atoms with E-state index in [9.17, 15) is 17.8 Å². The third kappa shape index (κ3) is 7.93. The molecule has 0 aliphatic rings. The van der Waals surface area contributed by atoms with Crippen molar-refractivity contribution in [3.8, 4) is 0 Å². The highest BCUT2D eigenvalue weighted by Gasteiger charge is 2.23. The van der Waals surface area contributed by atoms with Gasteiger partial charge < -0.3 is 4.90 Å². The Morgan fingerprint density at radius 2 is 1.15 bits per heavy atom. The zero-order valence-corrected chi connectivity index (χ0v) is 28.6. The highest BCUT2D eigenvalue weighted by molar-refractivity contribution is 7.85. The Kier molecular flexibility index (Phi) is 11.2. The lowest BCUT2D eigenvalue weighted by Crippen LogP contribution is -2.25. The number of carbonyl (C=O) groups excluding carboxylic acids is 1. The van der Waals surface area contributed by atoms with Gasteiger partial charge in [-0.3, -0.25) is 9.35 Å². The molecule has 240 valence electrons. The monoisotopic (exact) mass is 635 g/mol. The van der Waals surface area contributed by atoms with Gasteiger partial charge >= 0.3 is 0 Å². The van der Waals surface area contributed by atoms with E-state index in [2.05, 4.69) is 76.2 Å². The van der Waals surface area contributed by atoms with E-state index in [-0.39, 0.29) is 16.2 Å². The Labute approximate surface area is 275 Å². The second-order valence-corrected chi connectivity index (χ2v) is 13.5. The molecule has 0 saturated carbocycles. The van der Waals surface area contributed by atoms with E-state index in [1.165, 1.54) is 17.7 Å². The molecule has 0 fully saturated rings. The van der Waals surface area contributed by atoms with Crippen LogP contribution in [0.5, 0.6) is 0 Å². The van der Waals surface area contributed by atoms with Crippen molar-refractivity contribution in [2.45, 2.75) is 70.6 Å². The van der Waals surface area contributed by atoms with Crippen LogP contribution in [0.3, 0.4) is 0 Å². The fraction of sp³-hybridized carbons (Fsp3) is 0.275. The first-order valence-corrected chi connectivity index (χ1v) is 17.4. The van der Waals surface area contributed by atoms with E-state index in [1.807, 2.05) is 43.3 Å². The minimum atomic E-state index is -4.35. The van der Waals surface area contributed by atoms with Crippen molar-refractivity contribution in [1.82, 2.24) is 0 Å². The highest BCUT2D eigenvalue weighted by atomic mass is 32.2. The minimum absolute atomic E-state index is 0.0117. The van der Waals surface area contributed by atoms with Crippen LogP contribution in [-0.4, -0.2) is 25.9 Å².